The number of hydrogen-bond donors (Lipinski definition) is 2. The fourth-order valence-corrected chi connectivity index (χ4v) is 4.48. The molecule has 0 amide bonds. The zero-order chi connectivity index (χ0) is 23.4. The van der Waals surface area contributed by atoms with Crippen LogP contribution in [-0.4, -0.2) is 32.1 Å². The highest BCUT2D eigenvalue weighted by Crippen LogP contribution is 2.39. The minimum absolute atomic E-state index is 0.00271. The molecule has 168 valence electrons. The molecule has 33 heavy (non-hydrogen) atoms. The van der Waals surface area contributed by atoms with Gasteiger partial charge in [-0.15, -0.1) is 0 Å². The first-order valence-electron chi connectivity index (χ1n) is 10.5. The lowest BCUT2D eigenvalue weighted by atomic mass is 10.0. The van der Waals surface area contributed by atoms with E-state index in [-0.39, 0.29) is 24.2 Å². The van der Waals surface area contributed by atoms with E-state index >= 15 is 0 Å². The molecule has 0 aliphatic rings. The summed E-state index contributed by atoms with van der Waals surface area (Å²) in [6, 6.07) is 14.0. The predicted molar refractivity (Wildman–Crippen MR) is 128 cm³/mol. The molecule has 2 N–H and O–H groups in total. The van der Waals surface area contributed by atoms with Crippen molar-refractivity contribution in [1.82, 2.24) is 15.0 Å². The monoisotopic (exact) mass is 462 g/mol. The van der Waals surface area contributed by atoms with Crippen molar-refractivity contribution in [3.8, 4) is 32.8 Å². The number of aliphatic carboxylic acids is 1. The lowest BCUT2D eigenvalue weighted by molar-refractivity contribution is -0.137. The molecule has 8 heteroatoms. The SMILES string of the molecule is CC(C)C(CC(=O)O)Nc1nc(-c2ccc(-c3ccc(F)cc3)cc2)c(-c2cncnc2)s1. The number of carboxylic acids is 1. The molecular formula is C25H23FN4O2S. The van der Waals surface area contributed by atoms with E-state index in [2.05, 4.69) is 15.3 Å². The van der Waals surface area contributed by atoms with E-state index < -0.39 is 5.97 Å². The van der Waals surface area contributed by atoms with E-state index in [0.29, 0.717) is 5.13 Å². The van der Waals surface area contributed by atoms with Gasteiger partial charge in [-0.3, -0.25) is 4.79 Å². The van der Waals surface area contributed by atoms with Gasteiger partial charge in [0.25, 0.3) is 0 Å². The summed E-state index contributed by atoms with van der Waals surface area (Å²) in [4.78, 5) is 25.3. The molecule has 0 saturated heterocycles. The van der Waals surface area contributed by atoms with Crippen LogP contribution in [0.25, 0.3) is 32.8 Å². The van der Waals surface area contributed by atoms with Crippen LogP contribution in [0, 0.1) is 11.7 Å². The largest absolute Gasteiger partial charge is 0.481 e. The van der Waals surface area contributed by atoms with E-state index in [1.165, 1.54) is 29.8 Å². The highest BCUT2D eigenvalue weighted by molar-refractivity contribution is 7.19. The number of nitrogens with zero attached hydrogens (tertiary/aromatic N) is 3. The molecular weight excluding hydrogens is 439 g/mol. The minimum Gasteiger partial charge on any atom is -0.481 e. The fourth-order valence-electron chi connectivity index (χ4n) is 3.45. The average Bonchev–Trinajstić information content (AvgIpc) is 3.23. The van der Waals surface area contributed by atoms with Gasteiger partial charge >= 0.3 is 5.97 Å². The zero-order valence-corrected chi connectivity index (χ0v) is 19.0. The second-order valence-electron chi connectivity index (χ2n) is 8.00. The Hall–Kier alpha value is -3.65. The first-order chi connectivity index (χ1) is 15.9. The molecule has 0 aliphatic heterocycles. The van der Waals surface area contributed by atoms with Gasteiger partial charge in [-0.2, -0.15) is 0 Å². The van der Waals surface area contributed by atoms with Crippen LogP contribution in [0.4, 0.5) is 9.52 Å². The molecule has 6 nitrogen and oxygen atoms in total. The van der Waals surface area contributed by atoms with E-state index in [9.17, 15) is 14.3 Å². The lowest BCUT2D eigenvalue weighted by Crippen LogP contribution is -2.28. The van der Waals surface area contributed by atoms with Gasteiger partial charge in [-0.05, 0) is 29.2 Å². The molecule has 0 aliphatic carbocycles. The van der Waals surface area contributed by atoms with Crippen molar-refractivity contribution in [2.75, 3.05) is 5.32 Å². The molecule has 2 aromatic heterocycles. The number of carboxylic acid groups (broad SMARTS) is 1. The number of thiazole rings is 1. The van der Waals surface area contributed by atoms with Crippen LogP contribution in [0.1, 0.15) is 20.3 Å². The summed E-state index contributed by atoms with van der Waals surface area (Å²) in [6.07, 6.45) is 4.95. The Morgan fingerprint density at radius 1 is 0.970 bits per heavy atom. The van der Waals surface area contributed by atoms with Gasteiger partial charge in [-0.1, -0.05) is 61.6 Å². The Labute approximate surface area is 195 Å². The highest BCUT2D eigenvalue weighted by Gasteiger charge is 2.21. The van der Waals surface area contributed by atoms with Crippen molar-refractivity contribution >= 4 is 22.4 Å². The Balaban J connectivity index is 1.70. The summed E-state index contributed by atoms with van der Waals surface area (Å²) in [7, 11) is 0. The number of rotatable bonds is 8. The quantitative estimate of drug-likeness (QED) is 0.335. The summed E-state index contributed by atoms with van der Waals surface area (Å²) in [5.74, 6) is -1.01. The van der Waals surface area contributed by atoms with Gasteiger partial charge in [0.2, 0.25) is 0 Å². The van der Waals surface area contributed by atoms with Crippen molar-refractivity contribution in [1.29, 1.82) is 0 Å². The molecule has 0 radical (unpaired) electrons. The van der Waals surface area contributed by atoms with Crippen LogP contribution in [0.3, 0.4) is 0 Å². The van der Waals surface area contributed by atoms with Crippen molar-refractivity contribution in [2.45, 2.75) is 26.3 Å². The lowest BCUT2D eigenvalue weighted by Gasteiger charge is -2.19. The smallest absolute Gasteiger partial charge is 0.305 e. The molecule has 1 atom stereocenters. The van der Waals surface area contributed by atoms with Gasteiger partial charge in [0.15, 0.2) is 5.13 Å². The molecule has 2 heterocycles. The van der Waals surface area contributed by atoms with Crippen LogP contribution in [0.5, 0.6) is 0 Å². The minimum atomic E-state index is -0.856. The summed E-state index contributed by atoms with van der Waals surface area (Å²) in [5.41, 5.74) is 4.40. The van der Waals surface area contributed by atoms with E-state index in [1.54, 1.807) is 24.5 Å². The fraction of sp³-hybridized carbons (Fsp3) is 0.200. The number of nitrogens with one attached hydrogen (secondary N) is 1. The third-order valence-corrected chi connectivity index (χ3v) is 6.33. The van der Waals surface area contributed by atoms with E-state index in [1.807, 2.05) is 38.1 Å². The van der Waals surface area contributed by atoms with Gasteiger partial charge in [-0.25, -0.2) is 19.3 Å². The third kappa shape index (κ3) is 5.40. The van der Waals surface area contributed by atoms with E-state index in [4.69, 9.17) is 4.98 Å². The Morgan fingerprint density at radius 2 is 1.55 bits per heavy atom. The number of carbonyl (C=O) groups is 1. The topological polar surface area (TPSA) is 88.0 Å². The maximum absolute atomic E-state index is 13.3. The van der Waals surface area contributed by atoms with Crippen LogP contribution in [0.2, 0.25) is 0 Å². The first kappa shape index (κ1) is 22.5. The highest BCUT2D eigenvalue weighted by atomic mass is 32.1. The number of aromatic nitrogens is 3. The van der Waals surface area contributed by atoms with Crippen LogP contribution in [0.15, 0.2) is 67.3 Å². The van der Waals surface area contributed by atoms with Crippen molar-refractivity contribution < 1.29 is 14.3 Å². The van der Waals surface area contributed by atoms with Crippen LogP contribution in [-0.2, 0) is 4.79 Å². The molecule has 0 bridgehead atoms. The standard InChI is InChI=1S/C25H23FN4O2S/c1-15(2)21(11-22(31)32)29-25-30-23(24(33-25)19-12-27-14-28-13-19)18-5-3-16(4-6-18)17-7-9-20(26)10-8-17/h3-10,12-15,21H,11H2,1-2H3,(H,29,30)(H,31,32). The van der Waals surface area contributed by atoms with E-state index in [0.717, 1.165) is 32.8 Å². The second kappa shape index (κ2) is 9.87. The van der Waals surface area contributed by atoms with Crippen molar-refractivity contribution in [2.24, 2.45) is 5.92 Å². The number of benzene rings is 2. The summed E-state index contributed by atoms with van der Waals surface area (Å²) < 4.78 is 13.3. The Bertz CT molecular complexity index is 1230. The molecule has 2 aromatic carbocycles. The predicted octanol–water partition coefficient (Wildman–Crippen LogP) is 5.98. The molecule has 0 fully saturated rings. The van der Waals surface area contributed by atoms with Crippen molar-refractivity contribution in [3.05, 3.63) is 73.1 Å². The first-order valence-corrected chi connectivity index (χ1v) is 11.3. The van der Waals surface area contributed by atoms with Crippen LogP contribution < -0.4 is 5.32 Å². The number of hydrogen-bond acceptors (Lipinski definition) is 6. The third-order valence-electron chi connectivity index (χ3n) is 5.29. The van der Waals surface area contributed by atoms with Crippen molar-refractivity contribution in [3.63, 3.8) is 0 Å². The average molecular weight is 463 g/mol. The Kier molecular flexibility index (Phi) is 6.74. The van der Waals surface area contributed by atoms with Gasteiger partial charge < -0.3 is 10.4 Å². The van der Waals surface area contributed by atoms with Gasteiger partial charge in [0.05, 0.1) is 17.0 Å². The van der Waals surface area contributed by atoms with Gasteiger partial charge in [0.1, 0.15) is 12.1 Å². The normalized spacial score (nSPS) is 12.0. The molecule has 4 rings (SSSR count). The molecule has 0 saturated carbocycles. The molecule has 1 unspecified atom stereocenters. The molecule has 4 aromatic rings. The maximum Gasteiger partial charge on any atom is 0.305 e. The second-order valence-corrected chi connectivity index (χ2v) is 9.00. The number of anilines is 1. The van der Waals surface area contributed by atoms with Gasteiger partial charge in [0, 0.05) is 29.6 Å². The summed E-state index contributed by atoms with van der Waals surface area (Å²) in [5, 5.41) is 13.2. The summed E-state index contributed by atoms with van der Waals surface area (Å²) in [6.45, 7) is 3.96. The number of halogens is 1. The molecule has 0 spiro atoms. The van der Waals surface area contributed by atoms with Crippen LogP contribution >= 0.6 is 11.3 Å². The maximum atomic E-state index is 13.3. The zero-order valence-electron chi connectivity index (χ0n) is 18.2. The summed E-state index contributed by atoms with van der Waals surface area (Å²) >= 11 is 1.45. The Morgan fingerprint density at radius 3 is 2.12 bits per heavy atom.